The summed E-state index contributed by atoms with van der Waals surface area (Å²) in [4.78, 5) is 3.78. The number of ether oxygens (including phenoxy) is 2. The van der Waals surface area contributed by atoms with Gasteiger partial charge in [0.25, 0.3) is 0 Å². The maximum absolute atomic E-state index is 6.26. The molecule has 0 radical (unpaired) electrons. The molecule has 0 aliphatic rings. The van der Waals surface area contributed by atoms with Gasteiger partial charge in [0.05, 0.1) is 6.61 Å². The largest absolute Gasteiger partial charge is 0.265 e. The third kappa shape index (κ3) is 12.8. The average Bonchev–Trinajstić information content (AvgIpc) is 3.50. The van der Waals surface area contributed by atoms with Crippen LogP contribution in [0.1, 0.15) is 53.1 Å². The number of nitrogens with zero attached hydrogens (tertiary/aromatic N) is 3. The number of hydrogen-bond donors (Lipinski definition) is 0. The molecule has 3 aromatic carbocycles. The number of unbranched alkanes of at least 4 members (excludes halogenated alkanes) is 1. The Morgan fingerprint density at radius 1 is 0.800 bits per heavy atom. The molecule has 0 saturated heterocycles. The van der Waals surface area contributed by atoms with Crippen LogP contribution in [0.2, 0.25) is 0 Å². The average molecular weight is 923 g/mol. The van der Waals surface area contributed by atoms with Crippen LogP contribution in [0.4, 0.5) is 0 Å². The number of pyridine rings is 1. The molecule has 5 aromatic rings. The van der Waals surface area contributed by atoms with E-state index in [0.29, 0.717) is 6.61 Å². The number of rotatable bonds is 11. The summed E-state index contributed by atoms with van der Waals surface area (Å²) < 4.78 is 16.8. The number of halogens is 2. The molecule has 0 saturated carbocycles. The van der Waals surface area contributed by atoms with Gasteiger partial charge in [0.2, 0.25) is 0 Å². The second-order valence-corrected chi connectivity index (χ2v) is 22.8. The predicted octanol–water partition coefficient (Wildman–Crippen LogP) is 10.6. The van der Waals surface area contributed by atoms with Crippen molar-refractivity contribution in [3.05, 3.63) is 137 Å². The number of benzene rings is 3. The SMILES string of the molecule is CCc1cc(OCc2ccccc2)cc(C)c1OCCCCn1ccn(-c2c(C)cc(C)cc2C)[cH+]1.[I][Pd-][I].c1ccncc1. The fourth-order valence-corrected chi connectivity index (χ4v) is 5.23. The topological polar surface area (TPSA) is 41.2 Å². The summed E-state index contributed by atoms with van der Waals surface area (Å²) >= 11 is 4.65. The third-order valence-corrected chi connectivity index (χ3v) is 7.16. The summed E-state index contributed by atoms with van der Waals surface area (Å²) in [6.45, 7) is 13.1. The molecule has 0 fully saturated rings. The predicted molar refractivity (Wildman–Crippen MR) is 201 cm³/mol. The van der Waals surface area contributed by atoms with Crippen molar-refractivity contribution in [1.82, 2.24) is 14.1 Å². The fourth-order valence-electron chi connectivity index (χ4n) is 5.23. The molecule has 0 amide bonds. The summed E-state index contributed by atoms with van der Waals surface area (Å²) in [5.41, 5.74) is 8.71. The Labute approximate surface area is 298 Å². The van der Waals surface area contributed by atoms with Gasteiger partial charge in [-0.05, 0) is 106 Å². The Morgan fingerprint density at radius 2 is 1.47 bits per heavy atom. The summed E-state index contributed by atoms with van der Waals surface area (Å²) in [6.07, 6.45) is 13.0. The van der Waals surface area contributed by atoms with Crippen LogP contribution in [0.15, 0.2) is 104 Å². The van der Waals surface area contributed by atoms with Gasteiger partial charge in [-0.2, -0.15) is 4.57 Å². The summed E-state index contributed by atoms with van der Waals surface area (Å²) in [5.74, 6) is 1.91. The zero-order valence-corrected chi connectivity index (χ0v) is 32.7. The molecule has 243 valence electrons. The van der Waals surface area contributed by atoms with Gasteiger partial charge in [-0.15, -0.1) is 0 Å². The molecule has 0 spiro atoms. The zero-order chi connectivity index (χ0) is 32.4. The molecule has 8 heteroatoms. The van der Waals surface area contributed by atoms with Crippen molar-refractivity contribution in [2.24, 2.45) is 0 Å². The molecule has 45 heavy (non-hydrogen) atoms. The summed E-state index contributed by atoms with van der Waals surface area (Å²) in [7, 11) is 0.890. The maximum Gasteiger partial charge on any atom is 0.0267 e. The number of hydrogen-bond acceptors (Lipinski definition) is 3. The van der Waals surface area contributed by atoms with E-state index < -0.39 is 0 Å². The van der Waals surface area contributed by atoms with Crippen molar-refractivity contribution in [3.63, 3.8) is 0 Å². The van der Waals surface area contributed by atoms with Crippen molar-refractivity contribution in [1.29, 1.82) is 0 Å². The molecule has 0 unspecified atom stereocenters. The van der Waals surface area contributed by atoms with E-state index >= 15 is 0 Å². The van der Waals surface area contributed by atoms with Gasteiger partial charge in [0.15, 0.2) is 6.33 Å². The first-order chi connectivity index (χ1) is 21.9. The minimum Gasteiger partial charge on any atom is -0.265 e. The number of imidazole rings is 1. The standard InChI is InChI=1S/C32H39N2O2.C5H5N.2HI.Pd/c1-6-29-21-30(36-22-28-12-8-7-9-13-28)20-27(5)32(29)35-17-11-10-14-33-15-16-34(23-33)31-25(3)18-24(2)19-26(31)4;1-2-4-6-5-3-1;;;/h7-9,12-13,15-16,18-21,23H,6,10-11,14,17,22H2,1-5H3;1-5H;2*1H;/q+1;;;;+1/p-2. The minimum atomic E-state index is 0.575. The molecule has 2 heterocycles. The Bertz CT molecular complexity index is 1510. The first kappa shape index (κ1) is 37.2. The zero-order valence-electron chi connectivity index (χ0n) is 26.8. The van der Waals surface area contributed by atoms with Crippen molar-refractivity contribution < 1.29 is 20.2 Å². The Hall–Kier alpha value is -2.26. The number of aryl methyl sites for hydroxylation is 6. The molecule has 5 nitrogen and oxygen atoms in total. The summed E-state index contributed by atoms with van der Waals surface area (Å²) in [6, 6.07) is 24.7. The van der Waals surface area contributed by atoms with Crippen LogP contribution in [0.25, 0.3) is 5.69 Å². The van der Waals surface area contributed by atoms with Gasteiger partial charge in [0.1, 0.15) is 36.2 Å². The molecule has 0 bridgehead atoms. The van der Waals surface area contributed by atoms with E-state index in [9.17, 15) is 0 Å². The van der Waals surface area contributed by atoms with Crippen molar-refractivity contribution in [3.8, 4) is 17.2 Å². The Balaban J connectivity index is 0.000000533. The van der Waals surface area contributed by atoms with Gasteiger partial charge in [-0.25, -0.2) is 0 Å². The normalized spacial score (nSPS) is 10.4. The minimum absolute atomic E-state index is 0.575. The van der Waals surface area contributed by atoms with E-state index in [4.69, 9.17) is 9.47 Å². The van der Waals surface area contributed by atoms with Crippen LogP contribution in [0, 0.1) is 27.7 Å². The van der Waals surface area contributed by atoms with Gasteiger partial charge in [-0.3, -0.25) is 9.55 Å². The van der Waals surface area contributed by atoms with E-state index in [1.165, 1.54) is 33.5 Å². The molecule has 0 atom stereocenters. The van der Waals surface area contributed by atoms with E-state index in [1.807, 2.05) is 36.4 Å². The van der Waals surface area contributed by atoms with E-state index in [0.717, 1.165) is 60.2 Å². The smallest absolute Gasteiger partial charge is 0.0267 e. The van der Waals surface area contributed by atoms with Crippen molar-refractivity contribution >= 4 is 39.0 Å². The Kier molecular flexibility index (Phi) is 17.2. The van der Waals surface area contributed by atoms with Crippen LogP contribution in [0.5, 0.6) is 11.5 Å². The second-order valence-electron chi connectivity index (χ2n) is 10.8. The molecule has 0 aliphatic heterocycles. The summed E-state index contributed by atoms with van der Waals surface area (Å²) in [5, 5.41) is 0. The molecular weight excluding hydrogens is 879 g/mol. The molecule has 5 rings (SSSR count). The molecular formula is C37H44I2N3O2Pd. The molecule has 2 aromatic heterocycles. The Morgan fingerprint density at radius 3 is 2.07 bits per heavy atom. The first-order valence-corrected chi connectivity index (χ1v) is 24.4. The van der Waals surface area contributed by atoms with E-state index in [1.54, 1.807) is 12.4 Å². The quantitative estimate of drug-likeness (QED) is 0.0574. The van der Waals surface area contributed by atoms with Crippen LogP contribution in [-0.4, -0.2) is 20.7 Å². The second kappa shape index (κ2) is 20.8. The van der Waals surface area contributed by atoms with Crippen molar-refractivity contribution in [2.45, 2.75) is 67.0 Å². The van der Waals surface area contributed by atoms with Crippen LogP contribution in [-0.2, 0) is 30.3 Å². The maximum atomic E-state index is 6.26. The monoisotopic (exact) mass is 922 g/mol. The number of aromatic nitrogens is 3. The van der Waals surface area contributed by atoms with E-state index in [2.05, 4.69) is 143 Å². The van der Waals surface area contributed by atoms with Crippen LogP contribution < -0.4 is 9.47 Å². The van der Waals surface area contributed by atoms with E-state index in [-0.39, 0.29) is 0 Å². The van der Waals surface area contributed by atoms with Crippen LogP contribution >= 0.6 is 39.0 Å². The van der Waals surface area contributed by atoms with Crippen LogP contribution in [0.3, 0.4) is 0 Å². The third-order valence-electron chi connectivity index (χ3n) is 7.16. The van der Waals surface area contributed by atoms with Gasteiger partial charge in [-0.1, -0.05) is 43.3 Å². The molecule has 0 N–H and O–H groups in total. The fraction of sp³-hybridized carbons (Fsp3) is 0.297. The van der Waals surface area contributed by atoms with Gasteiger partial charge >= 0.3 is 49.8 Å². The van der Waals surface area contributed by atoms with Gasteiger partial charge in [0, 0.05) is 30.1 Å². The molecule has 0 aliphatic carbocycles. The van der Waals surface area contributed by atoms with Crippen molar-refractivity contribution in [2.75, 3.05) is 6.61 Å². The van der Waals surface area contributed by atoms with Gasteiger partial charge < -0.3 is 9.47 Å². The first-order valence-electron chi connectivity index (χ1n) is 15.1.